The summed E-state index contributed by atoms with van der Waals surface area (Å²) in [5.74, 6) is 0. The molecule has 100 valence electrons. The quantitative estimate of drug-likeness (QED) is 0.883. The zero-order chi connectivity index (χ0) is 13.8. The van der Waals surface area contributed by atoms with Crippen molar-refractivity contribution in [1.29, 1.82) is 0 Å². The molecular weight excluding hydrogens is 244 g/mol. The Bertz CT molecular complexity index is 629. The molecule has 2 aromatic rings. The zero-order valence-corrected chi connectivity index (χ0v) is 11.3. The summed E-state index contributed by atoms with van der Waals surface area (Å²) in [4.78, 5) is 0. The monoisotopic (exact) mass is 262 g/mol. The fraction of sp³-hybridized carbons (Fsp3) is 0.111. The van der Waals surface area contributed by atoms with E-state index in [0.29, 0.717) is 0 Å². The topological polar surface area (TPSA) is 38.0 Å². The number of para-hydroxylation sites is 1. The summed E-state index contributed by atoms with van der Waals surface area (Å²) < 4.78 is 0. The number of rotatable bonds is 3. The molecule has 2 heteroatoms. The summed E-state index contributed by atoms with van der Waals surface area (Å²) in [6.07, 6.45) is 6.95. The molecule has 2 aromatic carbocycles. The van der Waals surface area contributed by atoms with Crippen LogP contribution in [0.3, 0.4) is 0 Å². The van der Waals surface area contributed by atoms with Crippen LogP contribution >= 0.6 is 0 Å². The highest BCUT2D eigenvalue weighted by Crippen LogP contribution is 2.35. The first-order valence-electron chi connectivity index (χ1n) is 6.81. The van der Waals surface area contributed by atoms with E-state index < -0.39 is 0 Å². The van der Waals surface area contributed by atoms with Crippen LogP contribution < -0.4 is 11.1 Å². The maximum Gasteiger partial charge on any atom is 0.0867 e. The molecule has 1 atom stereocenters. The van der Waals surface area contributed by atoms with E-state index in [1.165, 1.54) is 5.56 Å². The van der Waals surface area contributed by atoms with Crippen LogP contribution in [0.4, 0.5) is 5.69 Å². The van der Waals surface area contributed by atoms with Crippen LogP contribution in [0.15, 0.2) is 84.6 Å². The highest BCUT2D eigenvalue weighted by molar-refractivity contribution is 5.52. The third-order valence-electron chi connectivity index (χ3n) is 3.60. The number of nitrogens with one attached hydrogen (secondary N) is 1. The molecule has 3 rings (SSSR count). The smallest absolute Gasteiger partial charge is 0.0867 e. The maximum atomic E-state index is 6.07. The summed E-state index contributed by atoms with van der Waals surface area (Å²) in [7, 11) is 0. The molecule has 0 spiro atoms. The van der Waals surface area contributed by atoms with Crippen molar-refractivity contribution < 1.29 is 0 Å². The molecule has 0 saturated heterocycles. The fourth-order valence-corrected chi connectivity index (χ4v) is 2.65. The Morgan fingerprint density at radius 3 is 2.20 bits per heavy atom. The van der Waals surface area contributed by atoms with Crippen molar-refractivity contribution in [1.82, 2.24) is 0 Å². The standard InChI is InChI=1S/C18H18N2/c19-16-10-7-13-18(14-16,15-8-3-1-4-9-15)20-17-11-5-2-6-12-17/h1-13,20H,14,19H2. The first-order valence-corrected chi connectivity index (χ1v) is 6.81. The van der Waals surface area contributed by atoms with Crippen LogP contribution in [-0.2, 0) is 5.54 Å². The minimum atomic E-state index is -0.276. The average Bonchev–Trinajstić information content (AvgIpc) is 2.49. The van der Waals surface area contributed by atoms with E-state index in [9.17, 15) is 0 Å². The largest absolute Gasteiger partial charge is 0.402 e. The van der Waals surface area contributed by atoms with E-state index in [4.69, 9.17) is 5.73 Å². The Labute approximate surface area is 119 Å². The first kappa shape index (κ1) is 12.5. The second kappa shape index (κ2) is 5.25. The third kappa shape index (κ3) is 2.45. The van der Waals surface area contributed by atoms with E-state index in [1.54, 1.807) is 0 Å². The predicted molar refractivity (Wildman–Crippen MR) is 84.2 cm³/mol. The summed E-state index contributed by atoms with van der Waals surface area (Å²) >= 11 is 0. The Morgan fingerprint density at radius 2 is 1.55 bits per heavy atom. The lowest BCUT2D eigenvalue weighted by molar-refractivity contribution is 0.594. The van der Waals surface area contributed by atoms with Gasteiger partial charge in [-0.2, -0.15) is 0 Å². The lowest BCUT2D eigenvalue weighted by atomic mass is 9.82. The zero-order valence-electron chi connectivity index (χ0n) is 11.3. The molecule has 0 aliphatic heterocycles. The normalized spacial score (nSPS) is 21.3. The molecule has 0 aromatic heterocycles. The minimum absolute atomic E-state index is 0.276. The number of nitrogens with two attached hydrogens (primary N) is 1. The van der Waals surface area contributed by atoms with E-state index in [-0.39, 0.29) is 5.54 Å². The molecule has 20 heavy (non-hydrogen) atoms. The van der Waals surface area contributed by atoms with Gasteiger partial charge in [-0.15, -0.1) is 0 Å². The van der Waals surface area contributed by atoms with Crippen molar-refractivity contribution >= 4 is 5.69 Å². The van der Waals surface area contributed by atoms with Crippen molar-refractivity contribution in [2.45, 2.75) is 12.0 Å². The Balaban J connectivity index is 2.01. The van der Waals surface area contributed by atoms with E-state index in [2.05, 4.69) is 47.8 Å². The van der Waals surface area contributed by atoms with Gasteiger partial charge in [0.1, 0.15) is 0 Å². The van der Waals surface area contributed by atoms with Gasteiger partial charge >= 0.3 is 0 Å². The Hall–Kier alpha value is -2.48. The number of hydrogen-bond donors (Lipinski definition) is 2. The average molecular weight is 262 g/mol. The van der Waals surface area contributed by atoms with Crippen LogP contribution in [0.1, 0.15) is 12.0 Å². The molecule has 2 nitrogen and oxygen atoms in total. The van der Waals surface area contributed by atoms with Crippen molar-refractivity contribution in [2.75, 3.05) is 5.32 Å². The molecule has 0 fully saturated rings. The SMILES string of the molecule is NC1=CC=CC(Nc2ccccc2)(c2ccccc2)C1. The summed E-state index contributed by atoms with van der Waals surface area (Å²) in [6, 6.07) is 20.7. The van der Waals surface area contributed by atoms with Gasteiger partial charge in [0.2, 0.25) is 0 Å². The molecule has 0 heterocycles. The van der Waals surface area contributed by atoms with Gasteiger partial charge in [-0.3, -0.25) is 0 Å². The second-order valence-corrected chi connectivity index (χ2v) is 5.11. The second-order valence-electron chi connectivity index (χ2n) is 5.11. The number of benzene rings is 2. The third-order valence-corrected chi connectivity index (χ3v) is 3.60. The van der Waals surface area contributed by atoms with Gasteiger partial charge in [-0.05, 0) is 23.8 Å². The highest BCUT2D eigenvalue weighted by Gasteiger charge is 2.31. The van der Waals surface area contributed by atoms with Gasteiger partial charge < -0.3 is 11.1 Å². The molecule has 0 bridgehead atoms. The molecule has 1 aliphatic carbocycles. The number of hydrogen-bond acceptors (Lipinski definition) is 2. The molecule has 0 saturated carbocycles. The molecule has 3 N–H and O–H groups in total. The molecular formula is C18H18N2. The van der Waals surface area contributed by atoms with E-state index in [1.807, 2.05) is 36.4 Å². The van der Waals surface area contributed by atoms with Crippen LogP contribution in [0.25, 0.3) is 0 Å². The van der Waals surface area contributed by atoms with Crippen LogP contribution in [0.2, 0.25) is 0 Å². The van der Waals surface area contributed by atoms with Gasteiger partial charge in [0.15, 0.2) is 0 Å². The van der Waals surface area contributed by atoms with Gasteiger partial charge in [0.05, 0.1) is 5.54 Å². The molecule has 0 radical (unpaired) electrons. The fourth-order valence-electron chi connectivity index (χ4n) is 2.65. The Kier molecular flexibility index (Phi) is 3.30. The summed E-state index contributed by atoms with van der Waals surface area (Å²) in [5.41, 5.74) is 9.00. The van der Waals surface area contributed by atoms with Crippen molar-refractivity contribution in [3.05, 3.63) is 90.2 Å². The molecule has 1 aliphatic rings. The minimum Gasteiger partial charge on any atom is -0.402 e. The first-order chi connectivity index (χ1) is 9.78. The Morgan fingerprint density at radius 1 is 0.900 bits per heavy atom. The predicted octanol–water partition coefficient (Wildman–Crippen LogP) is 3.80. The highest BCUT2D eigenvalue weighted by atomic mass is 15.0. The van der Waals surface area contributed by atoms with Crippen LogP contribution in [0, 0.1) is 0 Å². The van der Waals surface area contributed by atoms with Gasteiger partial charge in [0.25, 0.3) is 0 Å². The lowest BCUT2D eigenvalue weighted by Gasteiger charge is -2.35. The number of allylic oxidation sites excluding steroid dienone is 2. The van der Waals surface area contributed by atoms with E-state index in [0.717, 1.165) is 17.8 Å². The van der Waals surface area contributed by atoms with E-state index >= 15 is 0 Å². The van der Waals surface area contributed by atoms with Crippen LogP contribution in [0.5, 0.6) is 0 Å². The summed E-state index contributed by atoms with van der Waals surface area (Å²) in [6.45, 7) is 0. The maximum absolute atomic E-state index is 6.07. The van der Waals surface area contributed by atoms with Crippen LogP contribution in [-0.4, -0.2) is 0 Å². The summed E-state index contributed by atoms with van der Waals surface area (Å²) in [5, 5.41) is 3.63. The van der Waals surface area contributed by atoms with Crippen molar-refractivity contribution in [2.24, 2.45) is 5.73 Å². The molecule has 1 unspecified atom stereocenters. The van der Waals surface area contributed by atoms with Crippen molar-refractivity contribution in [3.63, 3.8) is 0 Å². The van der Waals surface area contributed by atoms with Gasteiger partial charge in [-0.25, -0.2) is 0 Å². The van der Waals surface area contributed by atoms with Gasteiger partial charge in [0, 0.05) is 17.8 Å². The van der Waals surface area contributed by atoms with Crippen molar-refractivity contribution in [3.8, 4) is 0 Å². The van der Waals surface area contributed by atoms with Gasteiger partial charge in [-0.1, -0.05) is 60.7 Å². The molecule has 0 amide bonds. The number of anilines is 1. The lowest BCUT2D eigenvalue weighted by Crippen LogP contribution is -2.36.